The quantitative estimate of drug-likeness (QED) is 0.584. The second kappa shape index (κ2) is 9.98. The van der Waals surface area contributed by atoms with Crippen molar-refractivity contribution >= 4 is 17.5 Å². The SMILES string of the molecule is COCCNCCNC(=O)C1CC(=O)N(c2cc(OC)cc(OC)c2)C1. The Morgan fingerprint density at radius 1 is 1.12 bits per heavy atom. The van der Waals surface area contributed by atoms with E-state index in [4.69, 9.17) is 14.2 Å². The summed E-state index contributed by atoms with van der Waals surface area (Å²) in [5, 5.41) is 6.02. The van der Waals surface area contributed by atoms with E-state index in [-0.39, 0.29) is 24.2 Å². The van der Waals surface area contributed by atoms with Gasteiger partial charge in [0, 0.05) is 57.9 Å². The smallest absolute Gasteiger partial charge is 0.227 e. The Morgan fingerprint density at radius 3 is 2.42 bits per heavy atom. The number of hydrogen-bond donors (Lipinski definition) is 2. The predicted octanol–water partition coefficient (Wildman–Crippen LogP) is 0.409. The van der Waals surface area contributed by atoms with Crippen LogP contribution in [0, 0.1) is 5.92 Å². The third-order valence-corrected chi connectivity index (χ3v) is 4.23. The van der Waals surface area contributed by atoms with E-state index in [0.717, 1.165) is 6.54 Å². The summed E-state index contributed by atoms with van der Waals surface area (Å²) in [5.74, 6) is 0.644. The van der Waals surface area contributed by atoms with Gasteiger partial charge >= 0.3 is 0 Å². The van der Waals surface area contributed by atoms with E-state index < -0.39 is 0 Å². The topological polar surface area (TPSA) is 89.1 Å². The Bertz CT molecular complexity index is 601. The molecule has 2 amide bonds. The number of nitrogens with one attached hydrogen (secondary N) is 2. The van der Waals surface area contributed by atoms with Crippen molar-refractivity contribution in [3.63, 3.8) is 0 Å². The molecule has 0 aromatic heterocycles. The lowest BCUT2D eigenvalue weighted by Crippen LogP contribution is -2.37. The molecule has 144 valence electrons. The standard InChI is InChI=1S/C18H27N3O5/c1-24-7-6-19-4-5-20-18(23)13-8-17(22)21(12-13)14-9-15(25-2)11-16(10-14)26-3/h9-11,13,19H,4-8,12H2,1-3H3,(H,20,23). The summed E-state index contributed by atoms with van der Waals surface area (Å²) in [6.45, 7) is 2.88. The van der Waals surface area contributed by atoms with Gasteiger partial charge in [0.2, 0.25) is 11.8 Å². The fraction of sp³-hybridized carbons (Fsp3) is 0.556. The van der Waals surface area contributed by atoms with Crippen molar-refractivity contribution in [2.45, 2.75) is 6.42 Å². The van der Waals surface area contributed by atoms with E-state index in [1.165, 1.54) is 0 Å². The number of carbonyl (C=O) groups excluding carboxylic acids is 2. The molecule has 2 rings (SSSR count). The summed E-state index contributed by atoms with van der Waals surface area (Å²) in [4.78, 5) is 26.3. The van der Waals surface area contributed by atoms with E-state index in [1.54, 1.807) is 44.4 Å². The number of rotatable bonds is 10. The third kappa shape index (κ3) is 5.34. The first-order chi connectivity index (χ1) is 12.6. The van der Waals surface area contributed by atoms with E-state index in [2.05, 4.69) is 10.6 Å². The Labute approximate surface area is 153 Å². The average Bonchev–Trinajstić information content (AvgIpc) is 3.05. The lowest BCUT2D eigenvalue weighted by atomic mass is 10.1. The van der Waals surface area contributed by atoms with Crippen LogP contribution in [0.1, 0.15) is 6.42 Å². The van der Waals surface area contributed by atoms with Gasteiger partial charge in [0.15, 0.2) is 0 Å². The minimum atomic E-state index is -0.362. The molecule has 0 aliphatic carbocycles. The maximum Gasteiger partial charge on any atom is 0.227 e. The monoisotopic (exact) mass is 365 g/mol. The van der Waals surface area contributed by atoms with Crippen LogP contribution in [0.3, 0.4) is 0 Å². The van der Waals surface area contributed by atoms with Crippen molar-refractivity contribution in [1.82, 2.24) is 10.6 Å². The maximum atomic E-state index is 12.4. The van der Waals surface area contributed by atoms with E-state index >= 15 is 0 Å². The zero-order valence-electron chi connectivity index (χ0n) is 15.5. The van der Waals surface area contributed by atoms with Crippen molar-refractivity contribution in [1.29, 1.82) is 0 Å². The maximum absolute atomic E-state index is 12.4. The van der Waals surface area contributed by atoms with Crippen LogP contribution in [-0.4, -0.2) is 65.9 Å². The van der Waals surface area contributed by atoms with Crippen molar-refractivity contribution in [2.75, 3.05) is 59.0 Å². The largest absolute Gasteiger partial charge is 0.497 e. The highest BCUT2D eigenvalue weighted by atomic mass is 16.5. The molecule has 1 fully saturated rings. The molecule has 8 heteroatoms. The summed E-state index contributed by atoms with van der Waals surface area (Å²) >= 11 is 0. The first-order valence-corrected chi connectivity index (χ1v) is 8.59. The number of hydrogen-bond acceptors (Lipinski definition) is 6. The number of amides is 2. The van der Waals surface area contributed by atoms with Crippen molar-refractivity contribution in [3.05, 3.63) is 18.2 Å². The Kier molecular flexibility index (Phi) is 7.68. The van der Waals surface area contributed by atoms with Crippen molar-refractivity contribution < 1.29 is 23.8 Å². The molecule has 1 aromatic rings. The Balaban J connectivity index is 1.90. The minimum absolute atomic E-state index is 0.0846. The number of anilines is 1. The van der Waals surface area contributed by atoms with Crippen LogP contribution in [0.2, 0.25) is 0 Å². The second-order valence-electron chi connectivity index (χ2n) is 6.01. The van der Waals surface area contributed by atoms with Crippen LogP contribution < -0.4 is 25.0 Å². The zero-order valence-corrected chi connectivity index (χ0v) is 15.5. The number of benzene rings is 1. The molecule has 1 aliphatic heterocycles. The summed E-state index contributed by atoms with van der Waals surface area (Å²) in [6.07, 6.45) is 0.197. The molecule has 1 aliphatic rings. The molecule has 1 unspecified atom stereocenters. The van der Waals surface area contributed by atoms with Gasteiger partial charge in [0.1, 0.15) is 11.5 Å². The minimum Gasteiger partial charge on any atom is -0.497 e. The second-order valence-corrected chi connectivity index (χ2v) is 6.01. The fourth-order valence-electron chi connectivity index (χ4n) is 2.80. The zero-order chi connectivity index (χ0) is 18.9. The van der Waals surface area contributed by atoms with Crippen LogP contribution >= 0.6 is 0 Å². The van der Waals surface area contributed by atoms with Crippen LogP contribution in [-0.2, 0) is 14.3 Å². The van der Waals surface area contributed by atoms with Crippen molar-refractivity contribution in [2.24, 2.45) is 5.92 Å². The summed E-state index contributed by atoms with van der Waals surface area (Å²) in [6, 6.07) is 5.27. The summed E-state index contributed by atoms with van der Waals surface area (Å²) in [5.41, 5.74) is 0.669. The average molecular weight is 365 g/mol. The molecule has 1 aromatic carbocycles. The molecule has 1 heterocycles. The molecular formula is C18H27N3O5. The lowest BCUT2D eigenvalue weighted by Gasteiger charge is -2.18. The molecule has 0 bridgehead atoms. The van der Waals surface area contributed by atoms with E-state index in [9.17, 15) is 9.59 Å². The van der Waals surface area contributed by atoms with E-state index in [0.29, 0.717) is 43.4 Å². The Hall–Kier alpha value is -2.32. The number of ether oxygens (including phenoxy) is 3. The first kappa shape index (κ1) is 20.0. The highest BCUT2D eigenvalue weighted by Crippen LogP contribution is 2.32. The number of methoxy groups -OCH3 is 3. The van der Waals surface area contributed by atoms with Gasteiger partial charge in [-0.3, -0.25) is 9.59 Å². The molecular weight excluding hydrogens is 338 g/mol. The highest BCUT2D eigenvalue weighted by Gasteiger charge is 2.35. The fourth-order valence-corrected chi connectivity index (χ4v) is 2.80. The van der Waals surface area contributed by atoms with Gasteiger partial charge in [0.25, 0.3) is 0 Å². The molecule has 0 spiro atoms. The highest BCUT2D eigenvalue weighted by molar-refractivity contribution is 6.00. The molecule has 1 atom stereocenters. The summed E-state index contributed by atoms with van der Waals surface area (Å²) < 4.78 is 15.4. The van der Waals surface area contributed by atoms with Crippen LogP contribution in [0.4, 0.5) is 5.69 Å². The summed E-state index contributed by atoms with van der Waals surface area (Å²) in [7, 11) is 4.76. The lowest BCUT2D eigenvalue weighted by molar-refractivity contribution is -0.126. The molecule has 8 nitrogen and oxygen atoms in total. The van der Waals surface area contributed by atoms with E-state index in [1.807, 2.05) is 0 Å². The van der Waals surface area contributed by atoms with Gasteiger partial charge < -0.3 is 29.7 Å². The Morgan fingerprint density at radius 2 is 1.81 bits per heavy atom. The third-order valence-electron chi connectivity index (χ3n) is 4.23. The van der Waals surface area contributed by atoms with Gasteiger partial charge in [-0.25, -0.2) is 0 Å². The molecule has 0 radical (unpaired) electrons. The normalized spacial score (nSPS) is 16.7. The number of nitrogens with zero attached hydrogens (tertiary/aromatic N) is 1. The molecule has 2 N–H and O–H groups in total. The van der Waals surface area contributed by atoms with Gasteiger partial charge in [0.05, 0.1) is 32.4 Å². The van der Waals surface area contributed by atoms with Crippen LogP contribution in [0.5, 0.6) is 11.5 Å². The first-order valence-electron chi connectivity index (χ1n) is 8.59. The van der Waals surface area contributed by atoms with Gasteiger partial charge in [-0.15, -0.1) is 0 Å². The van der Waals surface area contributed by atoms with Crippen LogP contribution in [0.15, 0.2) is 18.2 Å². The van der Waals surface area contributed by atoms with Crippen LogP contribution in [0.25, 0.3) is 0 Å². The molecule has 26 heavy (non-hydrogen) atoms. The molecule has 0 saturated carbocycles. The van der Waals surface area contributed by atoms with Gasteiger partial charge in [-0.1, -0.05) is 0 Å². The predicted molar refractivity (Wildman–Crippen MR) is 97.8 cm³/mol. The van der Waals surface area contributed by atoms with Gasteiger partial charge in [-0.2, -0.15) is 0 Å². The van der Waals surface area contributed by atoms with Crippen molar-refractivity contribution in [3.8, 4) is 11.5 Å². The number of carbonyl (C=O) groups is 2. The van der Waals surface area contributed by atoms with Gasteiger partial charge in [-0.05, 0) is 0 Å². The molecule has 1 saturated heterocycles.